The number of benzene rings is 1. The average molecular weight is 601 g/mol. The molecule has 12 nitrogen and oxygen atoms in total. The van der Waals surface area contributed by atoms with Crippen LogP contribution in [-0.4, -0.2) is 63.4 Å². The van der Waals surface area contributed by atoms with Gasteiger partial charge in [0.25, 0.3) is 12.0 Å². The van der Waals surface area contributed by atoms with Crippen LogP contribution in [0.4, 0.5) is 22.0 Å². The van der Waals surface area contributed by atoms with Gasteiger partial charge in [-0.2, -0.15) is 18.3 Å². The predicted molar refractivity (Wildman–Crippen MR) is 126 cm³/mol. The van der Waals surface area contributed by atoms with E-state index in [1.807, 2.05) is 0 Å². The van der Waals surface area contributed by atoms with Crippen LogP contribution in [0.1, 0.15) is 27.0 Å². The molecule has 18 heteroatoms. The molecule has 2 heterocycles. The normalized spacial score (nSPS) is 24.6. The van der Waals surface area contributed by atoms with Crippen LogP contribution in [0, 0.1) is 5.82 Å². The Kier molecular flexibility index (Phi) is 9.26. The van der Waals surface area contributed by atoms with E-state index >= 15 is 8.78 Å². The minimum Gasteiger partial charge on any atom is -0.462 e. The van der Waals surface area contributed by atoms with E-state index in [4.69, 9.17) is 18.5 Å². The lowest BCUT2D eigenvalue weighted by Crippen LogP contribution is -2.57. The first-order chi connectivity index (χ1) is 18.5. The molecule has 1 aliphatic rings. The number of hydrogen-bond acceptors (Lipinski definition) is 9. The molecule has 3 rings (SSSR count). The summed E-state index contributed by atoms with van der Waals surface area (Å²) >= 11 is 0. The molecule has 3 N–H and O–H groups in total. The highest BCUT2D eigenvalue weighted by Gasteiger charge is 2.74. The second-order valence-corrected chi connectivity index (χ2v) is 10.6. The molecule has 222 valence electrons. The third kappa shape index (κ3) is 6.28. The maximum absolute atomic E-state index is 15.3. The van der Waals surface area contributed by atoms with Crippen LogP contribution in [0.2, 0.25) is 0 Å². The number of aliphatic hydroxyl groups is 1. The first-order valence-electron chi connectivity index (χ1n) is 11.5. The van der Waals surface area contributed by atoms with E-state index < -0.39 is 79.8 Å². The molecule has 0 spiro atoms. The lowest BCUT2D eigenvalue weighted by molar-refractivity contribution is -0.242. The van der Waals surface area contributed by atoms with E-state index in [1.54, 1.807) is 0 Å². The largest absolute Gasteiger partial charge is 0.462 e. The number of carbonyl (C=O) groups excluding carboxylic acids is 1. The van der Waals surface area contributed by atoms with Crippen LogP contribution in [-0.2, 0) is 23.4 Å². The van der Waals surface area contributed by atoms with Crippen molar-refractivity contribution in [3.8, 4) is 5.75 Å². The monoisotopic (exact) mass is 601 g/mol. The number of aliphatic hydroxyl groups excluding tert-OH is 1. The van der Waals surface area contributed by atoms with Crippen molar-refractivity contribution in [2.45, 2.75) is 63.2 Å². The van der Waals surface area contributed by atoms with E-state index in [-0.39, 0.29) is 16.5 Å². The van der Waals surface area contributed by atoms with E-state index in [1.165, 1.54) is 49.2 Å². The van der Waals surface area contributed by atoms with Crippen molar-refractivity contribution in [1.29, 1.82) is 0 Å². The van der Waals surface area contributed by atoms with Crippen molar-refractivity contribution in [3.63, 3.8) is 0 Å². The molecule has 1 saturated heterocycles. The summed E-state index contributed by atoms with van der Waals surface area (Å²) in [5, 5.41) is 12.3. The molecule has 0 saturated carbocycles. The zero-order chi connectivity index (χ0) is 30.0. The van der Waals surface area contributed by atoms with E-state index in [0.29, 0.717) is 0 Å². The Hall–Kier alpha value is -3.11. The number of rotatable bonds is 11. The van der Waals surface area contributed by atoms with Crippen LogP contribution in [0.3, 0.4) is 0 Å². The number of para-hydroxylation sites is 1. The number of aromatic nitrogens is 2. The van der Waals surface area contributed by atoms with Crippen LogP contribution >= 0.6 is 7.75 Å². The lowest BCUT2D eigenvalue weighted by atomic mass is 9.95. The van der Waals surface area contributed by atoms with Gasteiger partial charge in [-0.3, -0.25) is 23.7 Å². The highest BCUT2D eigenvalue weighted by atomic mass is 31.2. The Bertz CT molecular complexity index is 1370. The highest BCUT2D eigenvalue weighted by molar-refractivity contribution is 7.52. The van der Waals surface area contributed by atoms with E-state index in [2.05, 4.69) is 5.09 Å². The zero-order valence-electron chi connectivity index (χ0n) is 21.1. The van der Waals surface area contributed by atoms with Gasteiger partial charge in [-0.05, 0) is 32.9 Å². The Morgan fingerprint density at radius 1 is 1.23 bits per heavy atom. The van der Waals surface area contributed by atoms with Gasteiger partial charge < -0.3 is 19.1 Å². The van der Waals surface area contributed by atoms with Crippen molar-refractivity contribution in [1.82, 2.24) is 14.6 Å². The number of ether oxygens (including phenoxy) is 2. The van der Waals surface area contributed by atoms with Crippen LogP contribution in [0.25, 0.3) is 0 Å². The predicted octanol–water partition coefficient (Wildman–Crippen LogP) is 2.34. The molecular formula is C22H25F5N3O9P. The smallest absolute Gasteiger partial charge is 0.459 e. The van der Waals surface area contributed by atoms with Gasteiger partial charge in [-0.15, -0.1) is 0 Å². The molecule has 1 aromatic heterocycles. The molecule has 0 amide bonds. The van der Waals surface area contributed by atoms with Gasteiger partial charge in [0.05, 0.1) is 18.9 Å². The molecule has 0 radical (unpaired) electrons. The summed E-state index contributed by atoms with van der Waals surface area (Å²) in [6, 6.07) is 5.44. The van der Waals surface area contributed by atoms with Gasteiger partial charge in [-0.1, -0.05) is 18.2 Å². The topological polar surface area (TPSA) is 158 Å². The van der Waals surface area contributed by atoms with Gasteiger partial charge in [0.15, 0.2) is 12.3 Å². The highest BCUT2D eigenvalue weighted by Crippen LogP contribution is 2.54. The Balaban J connectivity index is 1.98. The van der Waals surface area contributed by atoms with Gasteiger partial charge in [0.1, 0.15) is 11.8 Å². The summed E-state index contributed by atoms with van der Waals surface area (Å²) in [5.74, 6) is -7.74. The molecule has 0 bridgehead atoms. The van der Waals surface area contributed by atoms with Gasteiger partial charge in [0, 0.05) is 0 Å². The first-order valence-corrected chi connectivity index (χ1v) is 13.1. The molecular weight excluding hydrogens is 576 g/mol. The number of nitrogens with zero attached hydrogens (tertiary/aromatic N) is 1. The quantitative estimate of drug-likeness (QED) is 0.198. The number of esters is 1. The fourth-order valence-corrected chi connectivity index (χ4v) is 5.07. The fraction of sp³-hybridized carbons (Fsp3) is 0.500. The number of nitrogens with one attached hydrogen (secondary N) is 2. The molecule has 2 aromatic rings. The summed E-state index contributed by atoms with van der Waals surface area (Å²) in [7, 11) is -4.98. The SMILES string of the molecule is CC(C)OC(=O)[C@H](C)NP(=O)(OC[C@@]1(C(F)F)O[C@@H](n2cc(F)c(=O)[nH]c2=O)[C@H](O)C1(F)F)Oc1ccccc1. The number of alkyl halides is 4. The van der Waals surface area contributed by atoms with Crippen molar-refractivity contribution in [2.24, 2.45) is 0 Å². The van der Waals surface area contributed by atoms with Crippen LogP contribution in [0.5, 0.6) is 5.75 Å². The summed E-state index contributed by atoms with van der Waals surface area (Å²) in [6.07, 6.45) is -10.5. The second-order valence-electron chi connectivity index (χ2n) is 8.92. The molecule has 1 aliphatic heterocycles. The molecule has 1 fully saturated rings. The maximum atomic E-state index is 15.3. The fourth-order valence-electron chi connectivity index (χ4n) is 3.55. The van der Waals surface area contributed by atoms with Crippen LogP contribution < -0.4 is 20.9 Å². The van der Waals surface area contributed by atoms with Crippen molar-refractivity contribution < 1.29 is 54.9 Å². The van der Waals surface area contributed by atoms with Gasteiger partial charge >= 0.3 is 25.3 Å². The minimum atomic E-state index is -4.98. The molecule has 5 atom stereocenters. The number of hydrogen-bond donors (Lipinski definition) is 3. The first kappa shape index (κ1) is 31.4. The molecule has 0 aliphatic carbocycles. The minimum absolute atomic E-state index is 0.0538. The number of aromatic amines is 1. The second kappa shape index (κ2) is 11.8. The van der Waals surface area contributed by atoms with E-state index in [0.717, 1.165) is 6.92 Å². The summed E-state index contributed by atoms with van der Waals surface area (Å²) in [5.41, 5.74) is -7.18. The maximum Gasteiger partial charge on any atom is 0.459 e. The number of H-pyrrole nitrogens is 1. The zero-order valence-corrected chi connectivity index (χ0v) is 21.9. The third-order valence-corrected chi connectivity index (χ3v) is 7.19. The van der Waals surface area contributed by atoms with Crippen molar-refractivity contribution in [3.05, 3.63) is 63.2 Å². The van der Waals surface area contributed by atoms with Gasteiger partial charge in [0.2, 0.25) is 11.4 Å². The molecule has 1 aromatic carbocycles. The summed E-state index contributed by atoms with van der Waals surface area (Å²) < 4.78 is 106. The standard InChI is InChI=1S/C22H25F5N3O9P/c1-11(2)37-18(33)12(3)29-40(35,39-13-7-5-4-6-8-13)36-10-21(19(24)25)22(26,27)15(31)17(38-21)30-9-14(23)16(32)28-20(30)34/h4-9,11-12,15,17,19,31H,10H2,1-3H3,(H,29,35)(H,28,32,34)/t12-,15-,17+,21-,40?/m0/s1. The van der Waals surface area contributed by atoms with Crippen molar-refractivity contribution in [2.75, 3.05) is 6.61 Å². The Labute approximate surface area is 222 Å². The molecule has 40 heavy (non-hydrogen) atoms. The number of halogens is 5. The average Bonchev–Trinajstić information content (AvgIpc) is 3.06. The lowest BCUT2D eigenvalue weighted by Gasteiger charge is -2.34. The van der Waals surface area contributed by atoms with E-state index in [9.17, 15) is 37.2 Å². The summed E-state index contributed by atoms with van der Waals surface area (Å²) in [4.78, 5) is 37.0. The molecule has 1 unspecified atom stereocenters. The number of carbonyl (C=O) groups is 1. The Morgan fingerprint density at radius 2 is 1.85 bits per heavy atom. The summed E-state index contributed by atoms with van der Waals surface area (Å²) in [6.45, 7) is 2.23. The van der Waals surface area contributed by atoms with Crippen LogP contribution in [0.15, 0.2) is 46.1 Å². The Morgan fingerprint density at radius 3 is 2.42 bits per heavy atom. The third-order valence-electron chi connectivity index (χ3n) is 5.56. The van der Waals surface area contributed by atoms with Crippen molar-refractivity contribution >= 4 is 13.7 Å². The van der Waals surface area contributed by atoms with Gasteiger partial charge in [-0.25, -0.2) is 18.1 Å².